The normalized spacial score (nSPS) is 31.0. The zero-order valence-electron chi connectivity index (χ0n) is 16.0. The van der Waals surface area contributed by atoms with Crippen molar-refractivity contribution in [2.75, 3.05) is 26.4 Å². The predicted molar refractivity (Wildman–Crippen MR) is 102 cm³/mol. The molecule has 0 unspecified atom stereocenters. The number of ether oxygens (including phenoxy) is 2. The first-order chi connectivity index (χ1) is 11.8. The fourth-order valence-electron chi connectivity index (χ4n) is 4.67. The zero-order valence-corrected chi connectivity index (χ0v) is 16.0. The Labute approximate surface area is 150 Å². The van der Waals surface area contributed by atoms with E-state index < -0.39 is 0 Å². The third kappa shape index (κ3) is 7.27. The van der Waals surface area contributed by atoms with Crippen LogP contribution < -0.4 is 0 Å². The number of hydrogen-bond donors (Lipinski definition) is 0. The third-order valence-electron chi connectivity index (χ3n) is 6.28. The monoisotopic (exact) mass is 336 g/mol. The standard InChI is InChI=1S/C22H40O2/c1-3-5-6-16-24-18-20-9-13-22(14-10-20)21-11-7-19(8-12-21)17-23-15-4-2/h4,19-22H,2-3,5-18H2,1H3. The fourth-order valence-corrected chi connectivity index (χ4v) is 4.67. The van der Waals surface area contributed by atoms with Crippen LogP contribution in [0.5, 0.6) is 0 Å². The first-order valence-electron chi connectivity index (χ1n) is 10.6. The molecular weight excluding hydrogens is 296 g/mol. The highest BCUT2D eigenvalue weighted by molar-refractivity contribution is 4.82. The van der Waals surface area contributed by atoms with Crippen molar-refractivity contribution in [1.82, 2.24) is 0 Å². The molecule has 0 saturated heterocycles. The van der Waals surface area contributed by atoms with Crippen LogP contribution in [0.1, 0.15) is 77.6 Å². The summed E-state index contributed by atoms with van der Waals surface area (Å²) in [5.74, 6) is 3.63. The van der Waals surface area contributed by atoms with Gasteiger partial charge in [-0.25, -0.2) is 0 Å². The van der Waals surface area contributed by atoms with Gasteiger partial charge in [0.25, 0.3) is 0 Å². The molecule has 2 rings (SSSR count). The van der Waals surface area contributed by atoms with Crippen molar-refractivity contribution in [2.24, 2.45) is 23.7 Å². The molecule has 2 nitrogen and oxygen atoms in total. The van der Waals surface area contributed by atoms with Gasteiger partial charge in [0, 0.05) is 19.8 Å². The highest BCUT2D eigenvalue weighted by Crippen LogP contribution is 2.41. The van der Waals surface area contributed by atoms with E-state index in [9.17, 15) is 0 Å². The van der Waals surface area contributed by atoms with Crippen molar-refractivity contribution >= 4 is 0 Å². The molecule has 24 heavy (non-hydrogen) atoms. The lowest BCUT2D eigenvalue weighted by atomic mass is 9.69. The Morgan fingerprint density at radius 1 is 0.792 bits per heavy atom. The quantitative estimate of drug-likeness (QED) is 0.340. The zero-order chi connectivity index (χ0) is 17.0. The first kappa shape index (κ1) is 20.0. The van der Waals surface area contributed by atoms with Gasteiger partial charge < -0.3 is 9.47 Å². The largest absolute Gasteiger partial charge is 0.381 e. The molecule has 0 bridgehead atoms. The maximum absolute atomic E-state index is 5.90. The summed E-state index contributed by atoms with van der Waals surface area (Å²) in [7, 11) is 0. The van der Waals surface area contributed by atoms with Gasteiger partial charge >= 0.3 is 0 Å². The molecule has 0 amide bonds. The fraction of sp³-hybridized carbons (Fsp3) is 0.909. The summed E-state index contributed by atoms with van der Waals surface area (Å²) in [5, 5.41) is 0. The second kappa shape index (κ2) is 12.1. The number of unbranched alkanes of at least 4 members (excludes halogenated alkanes) is 2. The molecule has 0 N–H and O–H groups in total. The molecule has 0 aromatic heterocycles. The van der Waals surface area contributed by atoms with E-state index in [1.807, 2.05) is 6.08 Å². The lowest BCUT2D eigenvalue weighted by molar-refractivity contribution is 0.0546. The third-order valence-corrected chi connectivity index (χ3v) is 6.28. The van der Waals surface area contributed by atoms with Crippen molar-refractivity contribution in [3.05, 3.63) is 12.7 Å². The number of rotatable bonds is 11. The van der Waals surface area contributed by atoms with Gasteiger partial charge in [-0.3, -0.25) is 0 Å². The van der Waals surface area contributed by atoms with Crippen molar-refractivity contribution < 1.29 is 9.47 Å². The topological polar surface area (TPSA) is 18.5 Å². The van der Waals surface area contributed by atoms with Crippen LogP contribution in [0.2, 0.25) is 0 Å². The average Bonchev–Trinajstić information content (AvgIpc) is 2.63. The second-order valence-corrected chi connectivity index (χ2v) is 8.17. The lowest BCUT2D eigenvalue weighted by Crippen LogP contribution is -2.28. The van der Waals surface area contributed by atoms with Gasteiger partial charge in [0.05, 0.1) is 6.61 Å². The Balaban J connectivity index is 1.54. The van der Waals surface area contributed by atoms with Crippen LogP contribution in [0, 0.1) is 23.7 Å². The van der Waals surface area contributed by atoms with Crippen LogP contribution in [-0.4, -0.2) is 26.4 Å². The Morgan fingerprint density at radius 3 is 1.83 bits per heavy atom. The molecule has 0 atom stereocenters. The summed E-state index contributed by atoms with van der Waals surface area (Å²) in [6.07, 6.45) is 17.0. The molecule has 0 aromatic rings. The molecule has 140 valence electrons. The Morgan fingerprint density at radius 2 is 1.33 bits per heavy atom. The van der Waals surface area contributed by atoms with E-state index in [1.54, 1.807) is 0 Å². The summed E-state index contributed by atoms with van der Waals surface area (Å²) in [4.78, 5) is 0. The molecule has 2 fully saturated rings. The molecule has 0 spiro atoms. The van der Waals surface area contributed by atoms with Crippen LogP contribution in [-0.2, 0) is 9.47 Å². The van der Waals surface area contributed by atoms with Crippen LogP contribution in [0.25, 0.3) is 0 Å². The maximum Gasteiger partial charge on any atom is 0.0644 e. The van der Waals surface area contributed by atoms with E-state index in [1.165, 1.54) is 70.6 Å². The van der Waals surface area contributed by atoms with Crippen LogP contribution in [0.15, 0.2) is 12.7 Å². The van der Waals surface area contributed by atoms with E-state index in [2.05, 4.69) is 13.5 Å². The van der Waals surface area contributed by atoms with E-state index in [0.717, 1.165) is 43.5 Å². The van der Waals surface area contributed by atoms with Crippen LogP contribution >= 0.6 is 0 Å². The van der Waals surface area contributed by atoms with E-state index >= 15 is 0 Å². The van der Waals surface area contributed by atoms with Gasteiger partial charge in [-0.05, 0) is 81.5 Å². The van der Waals surface area contributed by atoms with E-state index in [0.29, 0.717) is 6.61 Å². The van der Waals surface area contributed by atoms with Gasteiger partial charge in [0.15, 0.2) is 0 Å². The van der Waals surface area contributed by atoms with Gasteiger partial charge in [-0.15, -0.1) is 6.58 Å². The number of hydrogen-bond acceptors (Lipinski definition) is 2. The molecule has 0 heterocycles. The summed E-state index contributed by atoms with van der Waals surface area (Å²) in [6, 6.07) is 0. The minimum absolute atomic E-state index is 0.713. The average molecular weight is 337 g/mol. The summed E-state index contributed by atoms with van der Waals surface area (Å²) >= 11 is 0. The Hall–Kier alpha value is -0.340. The van der Waals surface area contributed by atoms with Crippen molar-refractivity contribution in [1.29, 1.82) is 0 Å². The molecule has 2 aliphatic carbocycles. The van der Waals surface area contributed by atoms with Crippen molar-refractivity contribution in [3.63, 3.8) is 0 Å². The molecule has 0 radical (unpaired) electrons. The smallest absolute Gasteiger partial charge is 0.0644 e. The molecule has 2 aliphatic rings. The van der Waals surface area contributed by atoms with Crippen LogP contribution in [0.3, 0.4) is 0 Å². The molecule has 0 aromatic carbocycles. The molecule has 2 heteroatoms. The first-order valence-corrected chi connectivity index (χ1v) is 10.6. The Bertz CT molecular complexity index is 312. The SMILES string of the molecule is C=CCOCC1CCC(C2CCC(COCCCCC)CC2)CC1. The van der Waals surface area contributed by atoms with E-state index in [4.69, 9.17) is 9.47 Å². The second-order valence-electron chi connectivity index (χ2n) is 8.17. The minimum atomic E-state index is 0.713. The lowest BCUT2D eigenvalue weighted by Gasteiger charge is -2.37. The summed E-state index contributed by atoms with van der Waals surface area (Å²) < 4.78 is 11.5. The Kier molecular flexibility index (Phi) is 10.1. The van der Waals surface area contributed by atoms with Gasteiger partial charge in [-0.2, -0.15) is 0 Å². The predicted octanol–water partition coefficient (Wildman–Crippen LogP) is 6.01. The summed E-state index contributed by atoms with van der Waals surface area (Å²) in [6.45, 7) is 9.63. The minimum Gasteiger partial charge on any atom is -0.381 e. The van der Waals surface area contributed by atoms with E-state index in [-0.39, 0.29) is 0 Å². The molecule has 0 aliphatic heterocycles. The van der Waals surface area contributed by atoms with Gasteiger partial charge in [-0.1, -0.05) is 25.8 Å². The van der Waals surface area contributed by atoms with Gasteiger partial charge in [0.1, 0.15) is 0 Å². The highest BCUT2D eigenvalue weighted by atomic mass is 16.5. The maximum atomic E-state index is 5.90. The van der Waals surface area contributed by atoms with Gasteiger partial charge in [0.2, 0.25) is 0 Å². The molecular formula is C22H40O2. The van der Waals surface area contributed by atoms with Crippen molar-refractivity contribution in [2.45, 2.75) is 77.6 Å². The highest BCUT2D eigenvalue weighted by Gasteiger charge is 2.30. The van der Waals surface area contributed by atoms with Crippen LogP contribution in [0.4, 0.5) is 0 Å². The molecule has 2 saturated carbocycles. The van der Waals surface area contributed by atoms with Crippen molar-refractivity contribution in [3.8, 4) is 0 Å². The summed E-state index contributed by atoms with van der Waals surface area (Å²) in [5.41, 5.74) is 0.